The van der Waals surface area contributed by atoms with E-state index >= 15 is 0 Å². The second-order valence-corrected chi connectivity index (χ2v) is 7.96. The molecule has 116 valence electrons. The van der Waals surface area contributed by atoms with Crippen LogP contribution in [0.4, 0.5) is 0 Å². The normalized spacial score (nSPS) is 23.0. The van der Waals surface area contributed by atoms with E-state index in [-0.39, 0.29) is 24.1 Å². The summed E-state index contributed by atoms with van der Waals surface area (Å²) in [5, 5.41) is 20.9. The Hall–Kier alpha value is -0.530. The van der Waals surface area contributed by atoms with E-state index in [9.17, 15) is 10.2 Å². The van der Waals surface area contributed by atoms with Crippen molar-refractivity contribution in [1.29, 1.82) is 0 Å². The van der Waals surface area contributed by atoms with Gasteiger partial charge in [-0.3, -0.25) is 4.99 Å². The molecule has 5 nitrogen and oxygen atoms in total. The van der Waals surface area contributed by atoms with Gasteiger partial charge in [0, 0.05) is 16.9 Å². The van der Waals surface area contributed by atoms with Gasteiger partial charge in [-0.15, -0.1) is 11.8 Å². The summed E-state index contributed by atoms with van der Waals surface area (Å²) in [6.07, 6.45) is -0.606. The zero-order chi connectivity index (χ0) is 15.6. The first kappa shape index (κ1) is 17.5. The zero-order valence-electron chi connectivity index (χ0n) is 12.7. The zero-order valence-corrected chi connectivity index (χ0v) is 14.3. The summed E-state index contributed by atoms with van der Waals surface area (Å²) >= 11 is 7.03. The number of aliphatic imine (C=N–C) groups is 1. The molecule has 0 unspecified atom stereocenters. The van der Waals surface area contributed by atoms with Crippen molar-refractivity contribution < 1.29 is 14.9 Å². The van der Waals surface area contributed by atoms with Crippen LogP contribution in [0, 0.1) is 0 Å². The lowest BCUT2D eigenvalue weighted by molar-refractivity contribution is -0.260. The molecule has 1 atom stereocenters. The largest absolute Gasteiger partial charge is 0.595 e. The summed E-state index contributed by atoms with van der Waals surface area (Å²) in [4.78, 5) is 6.39. The fourth-order valence-corrected chi connectivity index (χ4v) is 3.88. The van der Waals surface area contributed by atoms with E-state index in [0.29, 0.717) is 4.99 Å². The number of ether oxygens (including phenoxy) is 1. The van der Waals surface area contributed by atoms with Crippen molar-refractivity contribution in [1.82, 2.24) is 4.90 Å². The van der Waals surface area contributed by atoms with Crippen LogP contribution in [0.25, 0.3) is 0 Å². The average molecular weight is 319 g/mol. The van der Waals surface area contributed by atoms with Gasteiger partial charge >= 0.3 is 0 Å². The van der Waals surface area contributed by atoms with Crippen LogP contribution in [0.2, 0.25) is 0 Å². The molecule has 0 aliphatic carbocycles. The first-order valence-electron chi connectivity index (χ1n) is 6.52. The maximum Gasteiger partial charge on any atom is 0.146 e. The van der Waals surface area contributed by atoms with E-state index in [4.69, 9.17) is 17.0 Å². The maximum atomic E-state index is 11.6. The van der Waals surface area contributed by atoms with Gasteiger partial charge in [-0.25, -0.2) is 0 Å². The molecule has 7 heteroatoms. The highest BCUT2D eigenvalue weighted by atomic mass is 32.2. The maximum absolute atomic E-state index is 11.6. The number of hydrogen-bond donors (Lipinski definition) is 1. The first-order chi connectivity index (χ1) is 9.07. The van der Waals surface area contributed by atoms with Crippen molar-refractivity contribution in [3.63, 3.8) is 0 Å². The summed E-state index contributed by atoms with van der Waals surface area (Å²) in [6.45, 7) is 9.65. The highest BCUT2D eigenvalue weighted by molar-refractivity contribution is 8.00. The molecule has 0 aromatic heterocycles. The molecule has 1 fully saturated rings. The first-order valence-corrected chi connectivity index (χ1v) is 7.97. The minimum absolute atomic E-state index is 0.0284. The molecule has 0 aromatic carbocycles. The molecular formula is C13H23N2O3S2-. The van der Waals surface area contributed by atoms with Crippen LogP contribution >= 0.6 is 24.0 Å². The fraction of sp³-hybridized carbons (Fsp3) is 0.846. The minimum Gasteiger partial charge on any atom is -0.595 e. The van der Waals surface area contributed by atoms with Gasteiger partial charge < -0.3 is 19.8 Å². The Balaban J connectivity index is 2.68. The van der Waals surface area contributed by atoms with Gasteiger partial charge in [0.05, 0.1) is 18.5 Å². The molecule has 1 heterocycles. The van der Waals surface area contributed by atoms with Crippen molar-refractivity contribution in [2.24, 2.45) is 4.99 Å². The van der Waals surface area contributed by atoms with Gasteiger partial charge in [0.15, 0.2) is 0 Å². The highest BCUT2D eigenvalue weighted by Gasteiger charge is 2.40. The number of thiocarbonyl (C=S) groups is 1. The standard InChI is InChI=1S/C13H24N2O3S2/c1-12(2,3)18-11(17)14-6-9(19)15-10(7-16)20-8-13(15,4)5/h10,16H,6-8H2,1-5H3,(H,14,17)/p-1/t10-/m1/s1. The Morgan fingerprint density at radius 1 is 1.55 bits per heavy atom. The van der Waals surface area contributed by atoms with Crippen molar-refractivity contribution in [3.8, 4) is 0 Å². The van der Waals surface area contributed by atoms with Gasteiger partial charge in [-0.05, 0) is 13.8 Å². The molecule has 0 amide bonds. The fourth-order valence-electron chi connectivity index (χ4n) is 1.97. The van der Waals surface area contributed by atoms with E-state index in [2.05, 4.69) is 18.8 Å². The lowest BCUT2D eigenvalue weighted by Gasteiger charge is -2.36. The summed E-state index contributed by atoms with van der Waals surface area (Å²) in [6, 6.07) is 0. The molecule has 0 saturated carbocycles. The second kappa shape index (κ2) is 6.49. The van der Waals surface area contributed by atoms with Crippen LogP contribution in [0.1, 0.15) is 34.6 Å². The minimum atomic E-state index is -0.606. The van der Waals surface area contributed by atoms with Crippen molar-refractivity contribution >= 4 is 35.1 Å². The summed E-state index contributed by atoms with van der Waals surface area (Å²) < 4.78 is 5.12. The number of thioether (sulfide) groups is 1. The van der Waals surface area contributed by atoms with Crippen molar-refractivity contribution in [3.05, 3.63) is 0 Å². The second-order valence-electron chi connectivity index (χ2n) is 6.32. The van der Waals surface area contributed by atoms with E-state index in [0.717, 1.165) is 5.75 Å². The van der Waals surface area contributed by atoms with Crippen LogP contribution in [0.15, 0.2) is 4.99 Å². The molecule has 0 radical (unpaired) electrons. The van der Waals surface area contributed by atoms with Gasteiger partial charge in [-0.2, -0.15) is 0 Å². The van der Waals surface area contributed by atoms with Gasteiger partial charge in [0.1, 0.15) is 11.1 Å². The van der Waals surface area contributed by atoms with Crippen LogP contribution in [-0.4, -0.2) is 56.5 Å². The molecule has 1 saturated heterocycles. The average Bonchev–Trinajstić information content (AvgIpc) is 2.59. The Morgan fingerprint density at radius 2 is 2.15 bits per heavy atom. The number of nitrogens with zero attached hydrogens (tertiary/aromatic N) is 2. The Morgan fingerprint density at radius 3 is 2.65 bits per heavy atom. The third-order valence-electron chi connectivity index (χ3n) is 2.73. The van der Waals surface area contributed by atoms with Crippen molar-refractivity contribution in [2.45, 2.75) is 51.1 Å². The van der Waals surface area contributed by atoms with Crippen LogP contribution in [-0.2, 0) is 4.74 Å². The number of rotatable bonds is 3. The summed E-state index contributed by atoms with van der Waals surface area (Å²) in [5.74, 6) is 0.880. The molecule has 20 heavy (non-hydrogen) atoms. The molecule has 1 N–H and O–H groups in total. The number of hydrogen-bond acceptors (Lipinski definition) is 6. The molecule has 0 spiro atoms. The molecule has 0 bridgehead atoms. The van der Waals surface area contributed by atoms with Crippen molar-refractivity contribution in [2.75, 3.05) is 18.9 Å². The summed E-state index contributed by atoms with van der Waals surface area (Å²) in [5.41, 5.74) is -0.697. The quantitative estimate of drug-likeness (QED) is 0.475. The lowest BCUT2D eigenvalue weighted by Crippen LogP contribution is -2.49. The van der Waals surface area contributed by atoms with E-state index in [1.807, 2.05) is 4.90 Å². The smallest absolute Gasteiger partial charge is 0.146 e. The van der Waals surface area contributed by atoms with Gasteiger partial charge in [0.2, 0.25) is 0 Å². The van der Waals surface area contributed by atoms with Crippen LogP contribution < -0.4 is 5.11 Å². The Bertz CT molecular complexity index is 392. The SMILES string of the molecule is CC(C)(C)OC([O-])=NCC(=S)N1[C@@H](CO)SCC1(C)C. The molecule has 1 aliphatic heterocycles. The topological polar surface area (TPSA) is 68.1 Å². The molecular weight excluding hydrogens is 296 g/mol. The highest BCUT2D eigenvalue weighted by Crippen LogP contribution is 2.36. The van der Waals surface area contributed by atoms with Gasteiger partial charge in [0.25, 0.3) is 0 Å². The molecule has 0 aromatic rings. The van der Waals surface area contributed by atoms with E-state index < -0.39 is 11.7 Å². The predicted molar refractivity (Wildman–Crippen MR) is 85.0 cm³/mol. The van der Waals surface area contributed by atoms with E-state index in [1.54, 1.807) is 32.5 Å². The third-order valence-corrected chi connectivity index (χ3v) is 4.67. The number of aliphatic hydroxyl groups excluding tert-OH is 1. The summed E-state index contributed by atoms with van der Waals surface area (Å²) in [7, 11) is 0. The number of aliphatic hydroxyl groups is 1. The monoisotopic (exact) mass is 319 g/mol. The Kier molecular flexibility index (Phi) is 5.69. The van der Waals surface area contributed by atoms with E-state index in [1.165, 1.54) is 0 Å². The third kappa shape index (κ3) is 4.79. The van der Waals surface area contributed by atoms with Crippen LogP contribution in [0.5, 0.6) is 0 Å². The van der Waals surface area contributed by atoms with Crippen LogP contribution in [0.3, 0.4) is 0 Å². The van der Waals surface area contributed by atoms with Gasteiger partial charge in [-0.1, -0.05) is 33.0 Å². The molecule has 1 aliphatic rings. The Labute approximate surface area is 130 Å². The molecule has 1 rings (SSSR count). The lowest BCUT2D eigenvalue weighted by atomic mass is 10.1. The predicted octanol–water partition coefficient (Wildman–Crippen LogP) is 0.991.